The number of esters is 1. The van der Waals surface area contributed by atoms with Crippen molar-refractivity contribution < 1.29 is 28.2 Å². The summed E-state index contributed by atoms with van der Waals surface area (Å²) in [4.78, 5) is 33.7. The van der Waals surface area contributed by atoms with Crippen LogP contribution in [0.25, 0.3) is 5.65 Å². The van der Waals surface area contributed by atoms with Crippen molar-refractivity contribution in [2.75, 3.05) is 31.2 Å². The molecule has 230 valence electrons. The minimum Gasteiger partial charge on any atom is -0.489 e. The zero-order valence-electron chi connectivity index (χ0n) is 25.5. The maximum Gasteiger partial charge on any atom is 0.340 e. The number of ether oxygens (including phenoxy) is 3. The second kappa shape index (κ2) is 12.7. The Morgan fingerprint density at radius 2 is 1.98 bits per heavy atom. The number of anilines is 1. The molecule has 10 nitrogen and oxygen atoms in total. The molecule has 0 saturated carbocycles. The first kappa shape index (κ1) is 30.5. The molecule has 3 aliphatic heterocycles. The summed E-state index contributed by atoms with van der Waals surface area (Å²) in [7, 11) is 0. The lowest BCUT2D eigenvalue weighted by Crippen LogP contribution is -2.38. The molecule has 1 amide bonds. The average molecular weight is 594 g/mol. The van der Waals surface area contributed by atoms with Crippen molar-refractivity contribution in [1.29, 1.82) is 0 Å². The van der Waals surface area contributed by atoms with Crippen molar-refractivity contribution in [1.82, 2.24) is 19.9 Å². The van der Waals surface area contributed by atoms with Crippen LogP contribution in [0.3, 0.4) is 0 Å². The van der Waals surface area contributed by atoms with Gasteiger partial charge in [-0.1, -0.05) is 18.2 Å². The number of hydrogen-bond donors (Lipinski definition) is 1. The lowest BCUT2D eigenvalue weighted by atomic mass is 9.93. The Bertz CT molecular complexity index is 1520. The van der Waals surface area contributed by atoms with Crippen LogP contribution >= 0.6 is 0 Å². The maximum atomic E-state index is 14.0. The Kier molecular flexibility index (Phi) is 9.00. The third kappa shape index (κ3) is 6.98. The highest BCUT2D eigenvalue weighted by molar-refractivity contribution is 5.93. The van der Waals surface area contributed by atoms with E-state index in [1.807, 2.05) is 33.8 Å². The summed E-state index contributed by atoms with van der Waals surface area (Å²) < 4.78 is 33.3. The van der Waals surface area contributed by atoms with Crippen LogP contribution in [0.15, 0.2) is 36.4 Å². The summed E-state index contributed by atoms with van der Waals surface area (Å²) in [5, 5.41) is 7.58. The molecule has 1 saturated heterocycles. The highest BCUT2D eigenvalue weighted by Crippen LogP contribution is 2.37. The normalized spacial score (nSPS) is 17.3. The number of halogens is 1. The lowest BCUT2D eigenvalue weighted by molar-refractivity contribution is -0.166. The Morgan fingerprint density at radius 3 is 2.70 bits per heavy atom. The number of carbonyl (C=O) groups excluding carboxylic acids is 2. The van der Waals surface area contributed by atoms with Gasteiger partial charge in [-0.05, 0) is 65.9 Å². The number of hydrogen-bond acceptors (Lipinski definition) is 8. The van der Waals surface area contributed by atoms with Gasteiger partial charge in [0, 0.05) is 43.0 Å². The summed E-state index contributed by atoms with van der Waals surface area (Å²) in [6.07, 6.45) is 5.75. The van der Waals surface area contributed by atoms with Gasteiger partial charge >= 0.3 is 5.97 Å². The third-order valence-electron chi connectivity index (χ3n) is 7.62. The highest BCUT2D eigenvalue weighted by Gasteiger charge is 2.36. The van der Waals surface area contributed by atoms with Crippen LogP contribution in [0.5, 0.6) is 5.75 Å². The summed E-state index contributed by atoms with van der Waals surface area (Å²) in [6.45, 7) is 11.3. The molecule has 1 N–H and O–H groups in total. The van der Waals surface area contributed by atoms with E-state index in [0.717, 1.165) is 32.4 Å². The molecule has 43 heavy (non-hydrogen) atoms. The van der Waals surface area contributed by atoms with Gasteiger partial charge in [0.2, 0.25) is 0 Å². The largest absolute Gasteiger partial charge is 0.489 e. The van der Waals surface area contributed by atoms with Crippen molar-refractivity contribution >= 4 is 23.3 Å². The molecule has 2 aromatic heterocycles. The number of benzene rings is 1. The van der Waals surface area contributed by atoms with Crippen LogP contribution in [-0.4, -0.2) is 58.4 Å². The maximum absolute atomic E-state index is 14.0. The highest BCUT2D eigenvalue weighted by atomic mass is 19.1. The predicted octanol–water partition coefficient (Wildman–Crippen LogP) is 5.08. The van der Waals surface area contributed by atoms with E-state index >= 15 is 0 Å². The molecule has 5 heterocycles. The summed E-state index contributed by atoms with van der Waals surface area (Å²) in [5.41, 5.74) is 1.81. The number of nitrogens with zero attached hydrogens (tertiary/aromatic N) is 4. The molecule has 3 aliphatic rings. The summed E-state index contributed by atoms with van der Waals surface area (Å²) in [5.74, 6) is 0.183. The van der Waals surface area contributed by atoms with Crippen molar-refractivity contribution in [3.63, 3.8) is 0 Å². The number of nitrogens with one attached hydrogen (secondary N) is 1. The molecule has 0 unspecified atom stereocenters. The SMILES string of the molecule is CCOC(=O)[C@@H](OC(C)(C)C)c1c(C)nc2cc3nn2c1N1CCC(CC=CCOc2cc(F)ccc2CNC3=O)CC1. The van der Waals surface area contributed by atoms with Gasteiger partial charge in [-0.25, -0.2) is 14.2 Å². The second-order valence-corrected chi connectivity index (χ2v) is 12.0. The lowest BCUT2D eigenvalue weighted by Gasteiger charge is -2.36. The molecule has 1 fully saturated rings. The van der Waals surface area contributed by atoms with E-state index in [2.05, 4.69) is 16.3 Å². The van der Waals surface area contributed by atoms with E-state index in [9.17, 15) is 14.0 Å². The molecule has 3 aromatic rings. The fourth-order valence-electron chi connectivity index (χ4n) is 5.58. The molecule has 6 rings (SSSR count). The predicted molar refractivity (Wildman–Crippen MR) is 160 cm³/mol. The van der Waals surface area contributed by atoms with E-state index in [-0.39, 0.29) is 18.8 Å². The van der Waals surface area contributed by atoms with Gasteiger partial charge in [0.25, 0.3) is 5.91 Å². The van der Waals surface area contributed by atoms with Gasteiger partial charge in [-0.15, -0.1) is 0 Å². The zero-order valence-corrected chi connectivity index (χ0v) is 25.5. The van der Waals surface area contributed by atoms with Crippen LogP contribution in [0.4, 0.5) is 10.2 Å². The average Bonchev–Trinajstić information content (AvgIpc) is 3.38. The number of fused-ring (bicyclic) bond motifs is 7. The van der Waals surface area contributed by atoms with Crippen LogP contribution in [-0.2, 0) is 20.8 Å². The Balaban J connectivity index is 1.62. The number of aromatic nitrogens is 3. The van der Waals surface area contributed by atoms with Gasteiger partial charge in [0.05, 0.1) is 17.8 Å². The van der Waals surface area contributed by atoms with E-state index in [0.29, 0.717) is 46.6 Å². The van der Waals surface area contributed by atoms with E-state index in [1.165, 1.54) is 12.1 Å². The Labute approximate surface area is 251 Å². The van der Waals surface area contributed by atoms with E-state index in [4.69, 9.17) is 24.3 Å². The van der Waals surface area contributed by atoms with E-state index in [1.54, 1.807) is 23.6 Å². The van der Waals surface area contributed by atoms with Gasteiger partial charge in [-0.2, -0.15) is 9.61 Å². The molecule has 0 aliphatic carbocycles. The fraction of sp³-hybridized carbons (Fsp3) is 0.500. The van der Waals surface area contributed by atoms with Crippen molar-refractivity contribution in [2.45, 2.75) is 72.1 Å². The number of piperidine rings is 1. The molecule has 4 bridgehead atoms. The fourth-order valence-corrected chi connectivity index (χ4v) is 5.58. The molecule has 1 aromatic carbocycles. The smallest absolute Gasteiger partial charge is 0.340 e. The zero-order chi connectivity index (χ0) is 30.7. The third-order valence-corrected chi connectivity index (χ3v) is 7.62. The molecule has 1 atom stereocenters. The number of amides is 1. The number of rotatable bonds is 4. The van der Waals surface area contributed by atoms with Gasteiger partial charge < -0.3 is 24.4 Å². The second-order valence-electron chi connectivity index (χ2n) is 12.0. The Hall–Kier alpha value is -3.99. The molecule has 0 spiro atoms. The molecule has 0 radical (unpaired) electrons. The van der Waals surface area contributed by atoms with Crippen molar-refractivity contribution in [2.24, 2.45) is 5.92 Å². The molecular weight excluding hydrogens is 553 g/mol. The van der Waals surface area contributed by atoms with Gasteiger partial charge in [-0.3, -0.25) is 4.79 Å². The Morgan fingerprint density at radius 1 is 1.21 bits per heavy atom. The van der Waals surface area contributed by atoms with Crippen LogP contribution in [0.2, 0.25) is 0 Å². The first-order valence-electron chi connectivity index (χ1n) is 14.9. The monoisotopic (exact) mass is 593 g/mol. The minimum atomic E-state index is -1.04. The summed E-state index contributed by atoms with van der Waals surface area (Å²) in [6, 6.07) is 5.90. The first-order chi connectivity index (χ1) is 20.5. The standard InChI is InChI=1S/C32H40FN5O5/c1-6-41-31(40)28(43-32(3,4)5)27-20(2)35-26-18-24-29(39)34-19-22-10-11-23(33)17-25(22)42-16-8-7-9-21-12-14-37(15-13-21)30(27)38(26)36-24/h7-8,10-11,17-18,21,28H,6,9,12-16,19H2,1-5H3,(H,34,39)/t28-/m0/s1. The number of carbonyl (C=O) groups is 2. The van der Waals surface area contributed by atoms with Gasteiger partial charge in [0.15, 0.2) is 17.4 Å². The van der Waals surface area contributed by atoms with Crippen molar-refractivity contribution in [3.8, 4) is 5.75 Å². The summed E-state index contributed by atoms with van der Waals surface area (Å²) >= 11 is 0. The van der Waals surface area contributed by atoms with Gasteiger partial charge in [0.1, 0.15) is 24.0 Å². The molecular formula is C32H40FN5O5. The van der Waals surface area contributed by atoms with Crippen molar-refractivity contribution in [3.05, 3.63) is 64.7 Å². The number of allylic oxidation sites excluding steroid dienone is 1. The topological polar surface area (TPSA) is 107 Å². The minimum absolute atomic E-state index is 0.120. The first-order valence-corrected chi connectivity index (χ1v) is 14.9. The molecule has 11 heteroatoms. The van der Waals surface area contributed by atoms with E-state index < -0.39 is 29.4 Å². The number of aryl methyl sites for hydroxylation is 1. The van der Waals surface area contributed by atoms with Crippen LogP contribution < -0.4 is 15.0 Å². The van der Waals surface area contributed by atoms with Crippen LogP contribution in [0.1, 0.15) is 80.4 Å². The quantitative estimate of drug-likeness (QED) is 0.330. The van der Waals surface area contributed by atoms with Crippen LogP contribution in [0, 0.1) is 18.7 Å².